The summed E-state index contributed by atoms with van der Waals surface area (Å²) in [6.45, 7) is 14.9. The van der Waals surface area contributed by atoms with Crippen LogP contribution in [-0.4, -0.2) is 38.7 Å². The van der Waals surface area contributed by atoms with Gasteiger partial charge in [-0.25, -0.2) is 0 Å². The van der Waals surface area contributed by atoms with Gasteiger partial charge in [0.2, 0.25) is 0 Å². The number of hydrogen-bond donors (Lipinski definition) is 1. The first-order valence-corrected chi connectivity index (χ1v) is 21.5. The van der Waals surface area contributed by atoms with Crippen molar-refractivity contribution in [3.63, 3.8) is 0 Å². The normalized spacial score (nSPS) is 20.1. The molecular weight excluding hydrogens is 532 g/mol. The summed E-state index contributed by atoms with van der Waals surface area (Å²) in [4.78, 5) is 14.0. The lowest BCUT2D eigenvalue weighted by Crippen LogP contribution is -2.41. The number of aliphatic carboxylic acids is 1. The molecule has 2 aromatic rings. The van der Waals surface area contributed by atoms with E-state index in [9.17, 15) is 23.1 Å². The molecule has 39 heavy (non-hydrogen) atoms. The number of nitrogens with zero attached hydrogens (tertiary/aromatic N) is 1. The molecule has 0 spiro atoms. The number of likely N-dealkylation sites (tertiary alicyclic amines) is 1. The Bertz CT molecular complexity index is 1070. The van der Waals surface area contributed by atoms with Crippen LogP contribution in [0.5, 0.6) is 0 Å². The van der Waals surface area contributed by atoms with Gasteiger partial charge in [-0.1, -0.05) is 99.8 Å². The van der Waals surface area contributed by atoms with Crippen molar-refractivity contribution in [1.82, 2.24) is 4.90 Å². The second kappa shape index (κ2) is 12.7. The van der Waals surface area contributed by atoms with Crippen LogP contribution in [0.1, 0.15) is 67.3 Å². The molecule has 1 aliphatic rings. The average molecular weight is 578 g/mol. The van der Waals surface area contributed by atoms with E-state index in [4.69, 9.17) is 0 Å². The Morgan fingerprint density at radius 2 is 1.59 bits per heavy atom. The first-order chi connectivity index (χ1) is 18.0. The Labute approximate surface area is 234 Å². The lowest BCUT2D eigenvalue weighted by molar-refractivity contribution is -0.139. The molecule has 8 heteroatoms. The van der Waals surface area contributed by atoms with Crippen LogP contribution in [0.3, 0.4) is 0 Å². The van der Waals surface area contributed by atoms with E-state index in [-0.39, 0.29) is 24.4 Å². The number of hydrogen-bond acceptors (Lipinski definition) is 2. The van der Waals surface area contributed by atoms with E-state index in [1.54, 1.807) is 12.1 Å². The predicted octanol–water partition coefficient (Wildman–Crippen LogP) is 8.73. The Kier molecular flexibility index (Phi) is 10.3. The first kappa shape index (κ1) is 31.6. The van der Waals surface area contributed by atoms with Crippen molar-refractivity contribution < 1.29 is 23.1 Å². The molecule has 3 rings (SSSR count). The second-order valence-electron chi connectivity index (χ2n) is 13.6. The number of alkyl halides is 3. The van der Waals surface area contributed by atoms with Gasteiger partial charge in [-0.3, -0.25) is 9.69 Å². The van der Waals surface area contributed by atoms with E-state index in [0.29, 0.717) is 6.42 Å². The van der Waals surface area contributed by atoms with Gasteiger partial charge in [-0.15, -0.1) is 0 Å². The highest BCUT2D eigenvalue weighted by Crippen LogP contribution is 2.43. The molecule has 0 aromatic heterocycles. The largest absolute Gasteiger partial charge is 0.481 e. The second-order valence-corrected chi connectivity index (χ2v) is 24.3. The Morgan fingerprint density at radius 3 is 2.10 bits per heavy atom. The zero-order valence-electron chi connectivity index (χ0n) is 24.4. The maximum Gasteiger partial charge on any atom is 0.416 e. The molecule has 0 bridgehead atoms. The van der Waals surface area contributed by atoms with Crippen molar-refractivity contribution in [3.8, 4) is 0 Å². The van der Waals surface area contributed by atoms with Gasteiger partial charge in [0.25, 0.3) is 0 Å². The van der Waals surface area contributed by atoms with E-state index in [2.05, 4.69) is 68.4 Å². The van der Waals surface area contributed by atoms with Crippen LogP contribution in [0.2, 0.25) is 45.3 Å². The first-order valence-electron chi connectivity index (χ1n) is 14.3. The quantitative estimate of drug-likeness (QED) is 0.214. The minimum atomic E-state index is -4.38. The molecule has 1 aliphatic heterocycles. The number of carbonyl (C=O) groups is 1. The van der Waals surface area contributed by atoms with Crippen LogP contribution in [0.15, 0.2) is 48.5 Å². The summed E-state index contributed by atoms with van der Waals surface area (Å²) in [6.07, 6.45) is 0.388. The SMILES string of the molecule is C[Si](C)(C)CCCC[C@H](c1ccc([Si](C)(C)C)cc1)N1CC[C@@H](CC(=O)O)C[C@H]1c1ccc(C(F)(F)F)cc1. The van der Waals surface area contributed by atoms with Gasteiger partial charge >= 0.3 is 12.1 Å². The van der Waals surface area contributed by atoms with Crippen LogP contribution >= 0.6 is 0 Å². The Balaban J connectivity index is 1.96. The van der Waals surface area contributed by atoms with Crippen LogP contribution in [0.4, 0.5) is 13.2 Å². The standard InChI is InChI=1S/C31H46F3NO2Si2/c1-38(2,3)20-8-7-9-28(24-12-16-27(17-13-24)39(4,5)6)35-19-18-23(22-30(36)37)21-29(35)25-10-14-26(15-11-25)31(32,33)34/h10-17,23,28-29H,7-9,18-22H2,1-6H3,(H,36,37)/t23-,28-,29+/m1/s1. The van der Waals surface area contributed by atoms with Crippen LogP contribution in [0, 0.1) is 5.92 Å². The molecule has 1 N–H and O–H groups in total. The van der Waals surface area contributed by atoms with Gasteiger partial charge in [-0.2, -0.15) is 13.2 Å². The number of piperidine rings is 1. The highest BCUT2D eigenvalue weighted by atomic mass is 28.3. The molecule has 0 saturated carbocycles. The molecule has 3 nitrogen and oxygen atoms in total. The van der Waals surface area contributed by atoms with E-state index in [1.807, 2.05) is 0 Å². The third-order valence-electron chi connectivity index (χ3n) is 8.05. The van der Waals surface area contributed by atoms with Gasteiger partial charge in [0.05, 0.1) is 13.6 Å². The fraction of sp³-hybridized carbons (Fsp3) is 0.581. The van der Waals surface area contributed by atoms with Crippen molar-refractivity contribution >= 4 is 27.3 Å². The minimum Gasteiger partial charge on any atom is -0.481 e. The molecule has 1 heterocycles. The fourth-order valence-electron chi connectivity index (χ4n) is 5.81. The van der Waals surface area contributed by atoms with Gasteiger partial charge < -0.3 is 5.11 Å². The molecule has 0 unspecified atom stereocenters. The topological polar surface area (TPSA) is 40.5 Å². The van der Waals surface area contributed by atoms with Gasteiger partial charge in [0.1, 0.15) is 0 Å². The third-order valence-corrected chi connectivity index (χ3v) is 12.0. The van der Waals surface area contributed by atoms with E-state index >= 15 is 0 Å². The van der Waals surface area contributed by atoms with Crippen LogP contribution in [0.25, 0.3) is 0 Å². The number of unbranched alkanes of at least 4 members (excludes halogenated alkanes) is 1. The summed E-state index contributed by atoms with van der Waals surface area (Å²) in [7, 11) is -2.60. The molecular formula is C31H46F3NO2Si2. The zero-order chi connectivity index (χ0) is 29.0. The highest BCUT2D eigenvalue weighted by molar-refractivity contribution is 6.88. The molecule has 2 aromatic carbocycles. The summed E-state index contributed by atoms with van der Waals surface area (Å²) >= 11 is 0. The molecule has 0 amide bonds. The molecule has 1 saturated heterocycles. The van der Waals surface area contributed by atoms with Crippen LogP contribution < -0.4 is 5.19 Å². The summed E-state index contributed by atoms with van der Waals surface area (Å²) in [5.41, 5.74) is 1.43. The van der Waals surface area contributed by atoms with Gasteiger partial charge in [0, 0.05) is 26.6 Å². The molecule has 0 aliphatic carbocycles. The summed E-state index contributed by atoms with van der Waals surface area (Å²) in [6, 6.07) is 15.9. The van der Waals surface area contributed by atoms with Gasteiger partial charge in [0.15, 0.2) is 0 Å². The third kappa shape index (κ3) is 9.32. The number of halogens is 3. The molecule has 3 atom stereocenters. The Morgan fingerprint density at radius 1 is 0.974 bits per heavy atom. The monoisotopic (exact) mass is 577 g/mol. The highest BCUT2D eigenvalue weighted by Gasteiger charge is 2.36. The summed E-state index contributed by atoms with van der Waals surface area (Å²) in [5.74, 6) is -0.808. The average Bonchev–Trinajstić information content (AvgIpc) is 2.82. The lowest BCUT2D eigenvalue weighted by atomic mass is 9.82. The van der Waals surface area contributed by atoms with E-state index in [0.717, 1.165) is 31.4 Å². The number of carboxylic acid groups (broad SMARTS) is 1. The van der Waals surface area contributed by atoms with Gasteiger partial charge in [-0.05, 0) is 55.0 Å². The molecule has 0 radical (unpaired) electrons. The maximum atomic E-state index is 13.3. The van der Waals surface area contributed by atoms with E-state index in [1.165, 1.54) is 35.3 Å². The fourth-order valence-corrected chi connectivity index (χ4v) is 8.28. The Hall–Kier alpha value is -1.91. The smallest absolute Gasteiger partial charge is 0.416 e. The summed E-state index contributed by atoms with van der Waals surface area (Å²) < 4.78 is 39.9. The van der Waals surface area contributed by atoms with Crippen molar-refractivity contribution in [2.24, 2.45) is 5.92 Å². The predicted molar refractivity (Wildman–Crippen MR) is 160 cm³/mol. The maximum absolute atomic E-state index is 13.3. The minimum absolute atomic E-state index is 0.00727. The zero-order valence-corrected chi connectivity index (χ0v) is 26.4. The van der Waals surface area contributed by atoms with E-state index < -0.39 is 33.9 Å². The molecule has 1 fully saturated rings. The molecule has 216 valence electrons. The van der Waals surface area contributed by atoms with Crippen molar-refractivity contribution in [1.29, 1.82) is 0 Å². The van der Waals surface area contributed by atoms with Crippen molar-refractivity contribution in [2.45, 2.75) is 102 Å². The summed E-state index contributed by atoms with van der Waals surface area (Å²) in [5, 5.41) is 10.9. The van der Waals surface area contributed by atoms with Crippen molar-refractivity contribution in [2.75, 3.05) is 6.54 Å². The van der Waals surface area contributed by atoms with Crippen molar-refractivity contribution in [3.05, 3.63) is 65.2 Å². The lowest BCUT2D eigenvalue weighted by Gasteiger charge is -2.44. The number of rotatable bonds is 11. The number of carboxylic acids is 1. The van der Waals surface area contributed by atoms with Crippen LogP contribution in [-0.2, 0) is 11.0 Å². The number of benzene rings is 2.